The van der Waals surface area contributed by atoms with Gasteiger partial charge in [0.05, 0.1) is 24.7 Å². The zero-order valence-corrected chi connectivity index (χ0v) is 18.6. The molecule has 31 heavy (non-hydrogen) atoms. The number of aromatic nitrogens is 2. The fourth-order valence-corrected chi connectivity index (χ4v) is 5.39. The van der Waals surface area contributed by atoms with E-state index in [1.807, 2.05) is 31.2 Å². The molecule has 1 aliphatic rings. The highest BCUT2D eigenvalue weighted by molar-refractivity contribution is 7.89. The number of rotatable bonds is 6. The van der Waals surface area contributed by atoms with Crippen molar-refractivity contribution in [3.05, 3.63) is 53.9 Å². The van der Waals surface area contributed by atoms with E-state index in [0.717, 1.165) is 11.1 Å². The number of hydrogen-bond donors (Lipinski definition) is 0. The van der Waals surface area contributed by atoms with E-state index in [-0.39, 0.29) is 10.8 Å². The first-order valence-corrected chi connectivity index (χ1v) is 11.5. The summed E-state index contributed by atoms with van der Waals surface area (Å²) in [7, 11) is -0.406. The van der Waals surface area contributed by atoms with Gasteiger partial charge in [-0.2, -0.15) is 4.31 Å². The second kappa shape index (κ2) is 8.68. The Hall–Kier alpha value is -2.91. The van der Waals surface area contributed by atoms with E-state index in [0.29, 0.717) is 49.2 Å². The van der Waals surface area contributed by atoms with Gasteiger partial charge >= 0.3 is 0 Å². The molecule has 3 aromatic rings. The van der Waals surface area contributed by atoms with Crippen molar-refractivity contribution in [3.63, 3.8) is 0 Å². The molecular formula is C22H25N3O5S. The predicted molar refractivity (Wildman–Crippen MR) is 115 cm³/mol. The summed E-state index contributed by atoms with van der Waals surface area (Å²) in [6.45, 7) is 2.62. The van der Waals surface area contributed by atoms with Crippen LogP contribution >= 0.6 is 0 Å². The van der Waals surface area contributed by atoms with E-state index in [1.54, 1.807) is 32.4 Å². The Bertz CT molecular complexity index is 1170. The van der Waals surface area contributed by atoms with Gasteiger partial charge in [-0.3, -0.25) is 0 Å². The lowest BCUT2D eigenvalue weighted by molar-refractivity contribution is 0.291. The highest BCUT2D eigenvalue weighted by atomic mass is 32.2. The van der Waals surface area contributed by atoms with Crippen LogP contribution in [0.2, 0.25) is 0 Å². The summed E-state index contributed by atoms with van der Waals surface area (Å²) in [5, 5.41) is 8.38. The van der Waals surface area contributed by atoms with Crippen LogP contribution in [0.25, 0.3) is 11.5 Å². The van der Waals surface area contributed by atoms with Crippen LogP contribution in [0.5, 0.6) is 11.5 Å². The Kier molecular flexibility index (Phi) is 5.97. The molecule has 8 nitrogen and oxygen atoms in total. The van der Waals surface area contributed by atoms with Gasteiger partial charge in [0.25, 0.3) is 5.89 Å². The summed E-state index contributed by atoms with van der Waals surface area (Å²) >= 11 is 0. The number of nitrogens with zero attached hydrogens (tertiary/aromatic N) is 3. The normalized spacial score (nSPS) is 15.7. The molecule has 1 aliphatic heterocycles. The van der Waals surface area contributed by atoms with Crippen molar-refractivity contribution in [2.45, 2.75) is 30.6 Å². The molecule has 0 amide bonds. The Labute approximate surface area is 181 Å². The maximum atomic E-state index is 13.1. The molecule has 0 aliphatic carbocycles. The molecule has 4 rings (SSSR count). The van der Waals surface area contributed by atoms with Crippen LogP contribution in [-0.4, -0.2) is 50.2 Å². The van der Waals surface area contributed by atoms with Crippen molar-refractivity contribution in [2.75, 3.05) is 27.3 Å². The van der Waals surface area contributed by atoms with E-state index < -0.39 is 10.0 Å². The van der Waals surface area contributed by atoms with Gasteiger partial charge in [-0.15, -0.1) is 10.2 Å². The fraction of sp³-hybridized carbons (Fsp3) is 0.364. The zero-order valence-electron chi connectivity index (χ0n) is 17.7. The van der Waals surface area contributed by atoms with Gasteiger partial charge in [0.1, 0.15) is 11.5 Å². The molecule has 9 heteroatoms. The van der Waals surface area contributed by atoms with Gasteiger partial charge in [0.15, 0.2) is 0 Å². The molecule has 164 valence electrons. The third kappa shape index (κ3) is 4.15. The molecule has 0 N–H and O–H groups in total. The molecule has 1 fully saturated rings. The predicted octanol–water partition coefficient (Wildman–Crippen LogP) is 3.63. The monoisotopic (exact) mass is 443 g/mol. The van der Waals surface area contributed by atoms with Crippen molar-refractivity contribution in [3.8, 4) is 23.0 Å². The molecule has 2 heterocycles. The number of sulfonamides is 1. The number of hydrogen-bond acceptors (Lipinski definition) is 7. The Morgan fingerprint density at radius 2 is 1.71 bits per heavy atom. The molecular weight excluding hydrogens is 418 g/mol. The van der Waals surface area contributed by atoms with Gasteiger partial charge in [-0.25, -0.2) is 8.42 Å². The molecule has 0 spiro atoms. The van der Waals surface area contributed by atoms with Crippen molar-refractivity contribution in [1.29, 1.82) is 0 Å². The van der Waals surface area contributed by atoms with Gasteiger partial charge in [-0.1, -0.05) is 12.1 Å². The average Bonchev–Trinajstić information content (AvgIpc) is 3.29. The number of para-hydroxylation sites is 1. The quantitative estimate of drug-likeness (QED) is 0.574. The lowest BCUT2D eigenvalue weighted by Crippen LogP contribution is -2.38. The van der Waals surface area contributed by atoms with Crippen LogP contribution < -0.4 is 9.47 Å². The van der Waals surface area contributed by atoms with Crippen molar-refractivity contribution in [2.24, 2.45) is 0 Å². The first kappa shape index (κ1) is 21.3. The molecule has 0 atom stereocenters. The summed E-state index contributed by atoms with van der Waals surface area (Å²) in [4.78, 5) is 0.278. The second-order valence-corrected chi connectivity index (χ2v) is 9.39. The maximum absolute atomic E-state index is 13.1. The van der Waals surface area contributed by atoms with Crippen molar-refractivity contribution >= 4 is 10.0 Å². The summed E-state index contributed by atoms with van der Waals surface area (Å²) in [6, 6.07) is 12.4. The molecule has 0 unspecified atom stereocenters. The first-order valence-electron chi connectivity index (χ1n) is 10.1. The largest absolute Gasteiger partial charge is 0.496 e. The van der Waals surface area contributed by atoms with Crippen LogP contribution in [0.4, 0.5) is 0 Å². The van der Waals surface area contributed by atoms with Crippen molar-refractivity contribution in [1.82, 2.24) is 14.5 Å². The lowest BCUT2D eigenvalue weighted by atomic mass is 9.98. The molecule has 2 aromatic carbocycles. The molecule has 1 saturated heterocycles. The van der Waals surface area contributed by atoms with E-state index in [4.69, 9.17) is 13.9 Å². The van der Waals surface area contributed by atoms with E-state index in [1.165, 1.54) is 4.31 Å². The van der Waals surface area contributed by atoms with Gasteiger partial charge < -0.3 is 13.9 Å². The minimum absolute atomic E-state index is 0.0139. The molecule has 0 radical (unpaired) electrons. The third-order valence-corrected chi connectivity index (χ3v) is 7.48. The summed E-state index contributed by atoms with van der Waals surface area (Å²) in [6.07, 6.45) is 1.23. The first-order chi connectivity index (χ1) is 14.9. The second-order valence-electron chi connectivity index (χ2n) is 7.46. The Balaban J connectivity index is 1.47. The molecule has 0 bridgehead atoms. The van der Waals surface area contributed by atoms with Gasteiger partial charge in [-0.05, 0) is 55.7 Å². The smallest absolute Gasteiger partial charge is 0.251 e. The minimum Gasteiger partial charge on any atom is -0.496 e. The SMILES string of the molecule is COc1ccc(S(=O)(=O)N2CCC(c3nnc(-c4ccccc4OC)o3)CC2)cc1C. The minimum atomic E-state index is -3.57. The van der Waals surface area contributed by atoms with Crippen LogP contribution in [0.1, 0.15) is 30.2 Å². The maximum Gasteiger partial charge on any atom is 0.251 e. The summed E-state index contributed by atoms with van der Waals surface area (Å²) in [5.74, 6) is 2.27. The van der Waals surface area contributed by atoms with Crippen LogP contribution in [0, 0.1) is 6.92 Å². The highest BCUT2D eigenvalue weighted by Crippen LogP contribution is 2.34. The standard InChI is InChI=1S/C22H25N3O5S/c1-15-14-17(8-9-19(15)28-2)31(26,27)25-12-10-16(11-13-25)21-23-24-22(30-21)18-6-4-5-7-20(18)29-3/h4-9,14,16H,10-13H2,1-3H3. The van der Waals surface area contributed by atoms with E-state index >= 15 is 0 Å². The fourth-order valence-electron chi connectivity index (χ4n) is 3.83. The van der Waals surface area contributed by atoms with Crippen LogP contribution in [0.15, 0.2) is 51.8 Å². The molecule has 1 aromatic heterocycles. The number of ether oxygens (including phenoxy) is 2. The highest BCUT2D eigenvalue weighted by Gasteiger charge is 2.32. The number of benzene rings is 2. The number of aryl methyl sites for hydroxylation is 1. The Morgan fingerprint density at radius 3 is 2.39 bits per heavy atom. The lowest BCUT2D eigenvalue weighted by Gasteiger charge is -2.29. The average molecular weight is 444 g/mol. The van der Waals surface area contributed by atoms with Crippen LogP contribution in [0.3, 0.4) is 0 Å². The molecule has 0 saturated carbocycles. The van der Waals surface area contributed by atoms with Crippen molar-refractivity contribution < 1.29 is 22.3 Å². The van der Waals surface area contributed by atoms with Gasteiger partial charge in [0.2, 0.25) is 15.9 Å². The number of piperidine rings is 1. The Morgan fingerprint density at radius 1 is 1.00 bits per heavy atom. The van der Waals surface area contributed by atoms with Crippen LogP contribution in [-0.2, 0) is 10.0 Å². The third-order valence-electron chi connectivity index (χ3n) is 5.59. The summed E-state index contributed by atoms with van der Waals surface area (Å²) in [5.41, 5.74) is 1.52. The number of methoxy groups -OCH3 is 2. The topological polar surface area (TPSA) is 94.8 Å². The van der Waals surface area contributed by atoms with Gasteiger partial charge in [0, 0.05) is 19.0 Å². The van der Waals surface area contributed by atoms with E-state index in [2.05, 4.69) is 10.2 Å². The zero-order chi connectivity index (χ0) is 22.0. The summed E-state index contributed by atoms with van der Waals surface area (Å²) < 4.78 is 44.1. The van der Waals surface area contributed by atoms with E-state index in [9.17, 15) is 8.42 Å².